The van der Waals surface area contributed by atoms with Crippen molar-refractivity contribution in [2.24, 2.45) is 0 Å². The van der Waals surface area contributed by atoms with E-state index in [-0.39, 0.29) is 4.83 Å². The predicted molar refractivity (Wildman–Crippen MR) is 73.0 cm³/mol. The molecule has 0 aliphatic rings. The van der Waals surface area contributed by atoms with Gasteiger partial charge in [-0.2, -0.15) is 0 Å². The molecular formula is C15H13BrF2. The van der Waals surface area contributed by atoms with Gasteiger partial charge in [-0.1, -0.05) is 51.3 Å². The van der Waals surface area contributed by atoms with E-state index in [9.17, 15) is 8.78 Å². The molecule has 0 heterocycles. The summed E-state index contributed by atoms with van der Waals surface area (Å²) in [5.41, 5.74) is 4.05. The van der Waals surface area contributed by atoms with Gasteiger partial charge in [0.05, 0.1) is 4.83 Å². The molecule has 1 unspecified atom stereocenters. The van der Waals surface area contributed by atoms with Crippen molar-refractivity contribution in [1.29, 1.82) is 0 Å². The van der Waals surface area contributed by atoms with Crippen LogP contribution in [0.3, 0.4) is 0 Å². The van der Waals surface area contributed by atoms with Gasteiger partial charge >= 0.3 is 0 Å². The fraction of sp³-hybridized carbons (Fsp3) is 0.200. The van der Waals surface area contributed by atoms with E-state index in [0.29, 0.717) is 5.56 Å². The lowest BCUT2D eigenvalue weighted by atomic mass is 10.0. The molecule has 0 aromatic heterocycles. The highest BCUT2D eigenvalue weighted by Crippen LogP contribution is 2.32. The van der Waals surface area contributed by atoms with Crippen molar-refractivity contribution in [3.8, 4) is 0 Å². The van der Waals surface area contributed by atoms with Gasteiger partial charge in [-0.05, 0) is 37.1 Å². The van der Waals surface area contributed by atoms with Crippen molar-refractivity contribution in [3.05, 3.63) is 70.3 Å². The van der Waals surface area contributed by atoms with E-state index >= 15 is 0 Å². The van der Waals surface area contributed by atoms with Crippen molar-refractivity contribution in [3.63, 3.8) is 0 Å². The molecule has 0 radical (unpaired) electrons. The largest absolute Gasteiger partial charge is 0.204 e. The van der Waals surface area contributed by atoms with Gasteiger partial charge in [-0.15, -0.1) is 0 Å². The van der Waals surface area contributed by atoms with Crippen LogP contribution in [-0.2, 0) is 0 Å². The second kappa shape index (κ2) is 5.19. The number of alkyl halides is 1. The Kier molecular flexibility index (Phi) is 3.81. The van der Waals surface area contributed by atoms with Crippen LogP contribution in [0.5, 0.6) is 0 Å². The molecule has 0 bridgehead atoms. The van der Waals surface area contributed by atoms with Crippen molar-refractivity contribution in [1.82, 2.24) is 0 Å². The van der Waals surface area contributed by atoms with Gasteiger partial charge in [-0.3, -0.25) is 0 Å². The highest BCUT2D eigenvalue weighted by molar-refractivity contribution is 9.09. The lowest BCUT2D eigenvalue weighted by Gasteiger charge is -2.13. The lowest BCUT2D eigenvalue weighted by molar-refractivity contribution is 0.507. The molecule has 3 heteroatoms. The standard InChI is InChI=1S/C15H13BrF2/c1-9-5-10(2)7-12(6-9)15(16)11-3-4-13(17)14(18)8-11/h3-8,15H,1-2H3. The third kappa shape index (κ3) is 2.78. The van der Waals surface area contributed by atoms with Gasteiger partial charge in [0.1, 0.15) is 0 Å². The average molecular weight is 311 g/mol. The van der Waals surface area contributed by atoms with Crippen molar-refractivity contribution in [2.75, 3.05) is 0 Å². The molecule has 0 saturated heterocycles. The highest BCUT2D eigenvalue weighted by atomic mass is 79.9. The van der Waals surface area contributed by atoms with Gasteiger partial charge in [0.2, 0.25) is 0 Å². The maximum absolute atomic E-state index is 13.2. The lowest BCUT2D eigenvalue weighted by Crippen LogP contribution is -1.96. The Morgan fingerprint density at radius 1 is 0.833 bits per heavy atom. The Morgan fingerprint density at radius 3 is 2.00 bits per heavy atom. The SMILES string of the molecule is Cc1cc(C)cc(C(Br)c2ccc(F)c(F)c2)c1. The first-order valence-corrected chi connectivity index (χ1v) is 6.56. The van der Waals surface area contributed by atoms with E-state index in [2.05, 4.69) is 22.0 Å². The molecule has 0 nitrogen and oxygen atoms in total. The summed E-state index contributed by atoms with van der Waals surface area (Å²) in [5, 5.41) is 0. The van der Waals surface area contributed by atoms with Gasteiger partial charge in [-0.25, -0.2) is 8.78 Å². The topological polar surface area (TPSA) is 0 Å². The van der Waals surface area contributed by atoms with Crippen LogP contribution < -0.4 is 0 Å². The first-order chi connectivity index (χ1) is 8.47. The van der Waals surface area contributed by atoms with Crippen LogP contribution in [-0.4, -0.2) is 0 Å². The van der Waals surface area contributed by atoms with Crippen LogP contribution in [0.25, 0.3) is 0 Å². The van der Waals surface area contributed by atoms with Gasteiger partial charge in [0.15, 0.2) is 11.6 Å². The third-order valence-corrected chi connectivity index (χ3v) is 3.83. The molecule has 0 amide bonds. The fourth-order valence-corrected chi connectivity index (χ4v) is 2.57. The molecule has 0 aliphatic carbocycles. The number of hydrogen-bond donors (Lipinski definition) is 0. The van der Waals surface area contributed by atoms with E-state index in [1.165, 1.54) is 6.07 Å². The molecule has 94 valence electrons. The van der Waals surface area contributed by atoms with Gasteiger partial charge in [0, 0.05) is 0 Å². The molecule has 2 rings (SSSR count). The molecule has 0 fully saturated rings. The zero-order chi connectivity index (χ0) is 13.3. The summed E-state index contributed by atoms with van der Waals surface area (Å²) in [7, 11) is 0. The molecule has 1 atom stereocenters. The highest BCUT2D eigenvalue weighted by Gasteiger charge is 2.13. The van der Waals surface area contributed by atoms with E-state index in [1.807, 2.05) is 26.0 Å². The van der Waals surface area contributed by atoms with Crippen LogP contribution >= 0.6 is 15.9 Å². The summed E-state index contributed by atoms with van der Waals surface area (Å²) >= 11 is 3.53. The first kappa shape index (κ1) is 13.2. The summed E-state index contributed by atoms with van der Waals surface area (Å²) in [6.07, 6.45) is 0. The zero-order valence-corrected chi connectivity index (χ0v) is 11.8. The molecule has 0 N–H and O–H groups in total. The van der Waals surface area contributed by atoms with Crippen LogP contribution in [0.2, 0.25) is 0 Å². The third-order valence-electron chi connectivity index (χ3n) is 2.77. The summed E-state index contributed by atoms with van der Waals surface area (Å²) in [5.74, 6) is -1.64. The Labute approximate surface area is 114 Å². The molecular weight excluding hydrogens is 298 g/mol. The minimum absolute atomic E-state index is 0.133. The maximum Gasteiger partial charge on any atom is 0.159 e. The average Bonchev–Trinajstić information content (AvgIpc) is 2.30. The summed E-state index contributed by atoms with van der Waals surface area (Å²) in [4.78, 5) is -0.133. The normalized spacial score (nSPS) is 12.5. The zero-order valence-electron chi connectivity index (χ0n) is 10.2. The summed E-state index contributed by atoms with van der Waals surface area (Å²) < 4.78 is 26.1. The molecule has 0 saturated carbocycles. The number of rotatable bonds is 2. The van der Waals surface area contributed by atoms with Crippen molar-refractivity contribution in [2.45, 2.75) is 18.7 Å². The minimum atomic E-state index is -0.820. The Morgan fingerprint density at radius 2 is 1.44 bits per heavy atom. The molecule has 0 spiro atoms. The second-order valence-electron chi connectivity index (χ2n) is 4.46. The number of aryl methyl sites for hydroxylation is 2. The first-order valence-electron chi connectivity index (χ1n) is 5.64. The van der Waals surface area contributed by atoms with Crippen molar-refractivity contribution < 1.29 is 8.78 Å². The van der Waals surface area contributed by atoms with Crippen LogP contribution in [0.4, 0.5) is 8.78 Å². The van der Waals surface area contributed by atoms with Gasteiger partial charge < -0.3 is 0 Å². The van der Waals surface area contributed by atoms with Gasteiger partial charge in [0.25, 0.3) is 0 Å². The summed E-state index contributed by atoms with van der Waals surface area (Å²) in [6.45, 7) is 4.03. The van der Waals surface area contributed by atoms with Crippen LogP contribution in [0.15, 0.2) is 36.4 Å². The van der Waals surface area contributed by atoms with Crippen molar-refractivity contribution >= 4 is 15.9 Å². The quantitative estimate of drug-likeness (QED) is 0.680. The number of hydrogen-bond acceptors (Lipinski definition) is 0. The smallest absolute Gasteiger partial charge is 0.159 e. The van der Waals surface area contributed by atoms with Crippen LogP contribution in [0.1, 0.15) is 27.1 Å². The molecule has 2 aromatic rings. The molecule has 0 aliphatic heterocycles. The fourth-order valence-electron chi connectivity index (χ4n) is 2.02. The Bertz CT molecular complexity index is 558. The van der Waals surface area contributed by atoms with Crippen LogP contribution in [0, 0.1) is 25.5 Å². The second-order valence-corrected chi connectivity index (χ2v) is 5.37. The number of benzene rings is 2. The van der Waals surface area contributed by atoms with E-state index in [0.717, 1.165) is 22.8 Å². The number of halogens is 3. The summed E-state index contributed by atoms with van der Waals surface area (Å²) in [6, 6.07) is 10.1. The maximum atomic E-state index is 13.2. The molecule has 18 heavy (non-hydrogen) atoms. The monoisotopic (exact) mass is 310 g/mol. The predicted octanol–water partition coefficient (Wildman–Crippen LogP) is 5.07. The van der Waals surface area contributed by atoms with E-state index in [1.54, 1.807) is 6.07 Å². The Balaban J connectivity index is 2.40. The van der Waals surface area contributed by atoms with E-state index < -0.39 is 11.6 Å². The van der Waals surface area contributed by atoms with E-state index in [4.69, 9.17) is 0 Å². The molecule has 2 aromatic carbocycles. The Hall–Kier alpha value is -1.22. The minimum Gasteiger partial charge on any atom is -0.204 e.